The molecule has 0 saturated heterocycles. The van der Waals surface area contributed by atoms with Crippen molar-refractivity contribution in [1.29, 1.82) is 0 Å². The highest BCUT2D eigenvalue weighted by molar-refractivity contribution is 5.95. The van der Waals surface area contributed by atoms with Gasteiger partial charge in [-0.05, 0) is 48.2 Å². The van der Waals surface area contributed by atoms with E-state index in [1.54, 1.807) is 25.4 Å². The van der Waals surface area contributed by atoms with Crippen LogP contribution in [0.5, 0.6) is 17.4 Å². The number of ether oxygens (including phenoxy) is 3. The first-order chi connectivity index (χ1) is 14.1. The molecule has 1 aliphatic heterocycles. The van der Waals surface area contributed by atoms with Gasteiger partial charge < -0.3 is 19.5 Å². The van der Waals surface area contributed by atoms with Gasteiger partial charge in [0, 0.05) is 6.07 Å². The van der Waals surface area contributed by atoms with Crippen molar-refractivity contribution < 1.29 is 19.0 Å². The number of benzene rings is 2. The fourth-order valence-electron chi connectivity index (χ4n) is 3.31. The maximum absolute atomic E-state index is 12.7. The van der Waals surface area contributed by atoms with E-state index < -0.39 is 6.10 Å². The van der Waals surface area contributed by atoms with E-state index in [9.17, 15) is 4.79 Å². The molecule has 4 rings (SSSR count). The van der Waals surface area contributed by atoms with Gasteiger partial charge in [-0.1, -0.05) is 30.3 Å². The quantitative estimate of drug-likeness (QED) is 0.697. The SMILES string of the molecule is COc1cc(C)ccc1Oc1ccc(NC(=O)C2OCCc3ccccc32)cn1. The summed E-state index contributed by atoms with van der Waals surface area (Å²) >= 11 is 0. The van der Waals surface area contributed by atoms with Crippen molar-refractivity contribution in [2.75, 3.05) is 19.0 Å². The topological polar surface area (TPSA) is 69.7 Å². The van der Waals surface area contributed by atoms with E-state index in [0.717, 1.165) is 23.1 Å². The first-order valence-corrected chi connectivity index (χ1v) is 9.43. The van der Waals surface area contributed by atoms with Crippen LogP contribution in [0.1, 0.15) is 22.8 Å². The number of carbonyl (C=O) groups is 1. The summed E-state index contributed by atoms with van der Waals surface area (Å²) < 4.78 is 16.9. The molecule has 6 heteroatoms. The molecule has 148 valence electrons. The highest BCUT2D eigenvalue weighted by atomic mass is 16.5. The van der Waals surface area contributed by atoms with Crippen LogP contribution in [0.2, 0.25) is 0 Å². The third-order valence-electron chi connectivity index (χ3n) is 4.77. The van der Waals surface area contributed by atoms with Crippen LogP contribution in [0.25, 0.3) is 0 Å². The van der Waals surface area contributed by atoms with Gasteiger partial charge in [0.2, 0.25) is 5.88 Å². The van der Waals surface area contributed by atoms with Crippen molar-refractivity contribution in [2.24, 2.45) is 0 Å². The van der Waals surface area contributed by atoms with E-state index in [-0.39, 0.29) is 5.91 Å². The van der Waals surface area contributed by atoms with Crippen LogP contribution in [0.3, 0.4) is 0 Å². The number of rotatable bonds is 5. The Labute approximate surface area is 169 Å². The van der Waals surface area contributed by atoms with Crippen LogP contribution in [0.15, 0.2) is 60.8 Å². The Balaban J connectivity index is 1.45. The van der Waals surface area contributed by atoms with Crippen molar-refractivity contribution >= 4 is 11.6 Å². The highest BCUT2D eigenvalue weighted by Crippen LogP contribution is 2.32. The van der Waals surface area contributed by atoms with Crippen molar-refractivity contribution in [1.82, 2.24) is 4.98 Å². The Bertz CT molecular complexity index is 1020. The van der Waals surface area contributed by atoms with Gasteiger partial charge in [0.1, 0.15) is 0 Å². The zero-order chi connectivity index (χ0) is 20.2. The Kier molecular flexibility index (Phi) is 5.44. The molecule has 0 aliphatic carbocycles. The minimum absolute atomic E-state index is 0.215. The second-order valence-electron chi connectivity index (χ2n) is 6.83. The number of pyridine rings is 1. The lowest BCUT2D eigenvalue weighted by Gasteiger charge is -2.25. The fourth-order valence-corrected chi connectivity index (χ4v) is 3.31. The molecule has 1 unspecified atom stereocenters. The molecule has 1 amide bonds. The maximum atomic E-state index is 12.7. The normalized spacial score (nSPS) is 15.3. The molecule has 3 aromatic rings. The number of hydrogen-bond donors (Lipinski definition) is 1. The molecule has 29 heavy (non-hydrogen) atoms. The predicted octanol–water partition coefficient (Wildman–Crippen LogP) is 4.44. The summed E-state index contributed by atoms with van der Waals surface area (Å²) in [6.45, 7) is 2.51. The maximum Gasteiger partial charge on any atom is 0.258 e. The molecule has 0 fully saturated rings. The first-order valence-electron chi connectivity index (χ1n) is 9.43. The second kappa shape index (κ2) is 8.32. The Hall–Kier alpha value is -3.38. The van der Waals surface area contributed by atoms with Crippen LogP contribution in [0.4, 0.5) is 5.69 Å². The van der Waals surface area contributed by atoms with Gasteiger partial charge in [-0.25, -0.2) is 4.98 Å². The molecule has 1 atom stereocenters. The summed E-state index contributed by atoms with van der Waals surface area (Å²) in [6, 6.07) is 17.0. The average Bonchev–Trinajstić information content (AvgIpc) is 2.75. The monoisotopic (exact) mass is 390 g/mol. The molecular formula is C23H22N2O4. The number of amides is 1. The molecule has 6 nitrogen and oxygen atoms in total. The van der Waals surface area contributed by atoms with E-state index in [4.69, 9.17) is 14.2 Å². The summed E-state index contributed by atoms with van der Waals surface area (Å²) in [5.74, 6) is 1.41. The zero-order valence-corrected chi connectivity index (χ0v) is 16.3. The smallest absolute Gasteiger partial charge is 0.258 e. The Morgan fingerprint density at radius 3 is 2.79 bits per heavy atom. The van der Waals surface area contributed by atoms with Crippen molar-refractivity contribution in [3.05, 3.63) is 77.5 Å². The van der Waals surface area contributed by atoms with Crippen LogP contribution < -0.4 is 14.8 Å². The Morgan fingerprint density at radius 1 is 1.14 bits per heavy atom. The Morgan fingerprint density at radius 2 is 2.00 bits per heavy atom. The van der Waals surface area contributed by atoms with Gasteiger partial charge in [-0.15, -0.1) is 0 Å². The lowest BCUT2D eigenvalue weighted by molar-refractivity contribution is -0.128. The highest BCUT2D eigenvalue weighted by Gasteiger charge is 2.27. The number of carbonyl (C=O) groups excluding carboxylic acids is 1. The van der Waals surface area contributed by atoms with E-state index in [1.165, 1.54) is 0 Å². The van der Waals surface area contributed by atoms with E-state index in [1.807, 2.05) is 49.4 Å². The van der Waals surface area contributed by atoms with E-state index in [2.05, 4.69) is 10.3 Å². The minimum atomic E-state index is -0.618. The number of anilines is 1. The van der Waals surface area contributed by atoms with Gasteiger partial charge in [-0.2, -0.15) is 0 Å². The predicted molar refractivity (Wildman–Crippen MR) is 110 cm³/mol. The first kappa shape index (κ1) is 19.0. The third kappa shape index (κ3) is 4.22. The van der Waals surface area contributed by atoms with Gasteiger partial charge >= 0.3 is 0 Å². The van der Waals surface area contributed by atoms with Crippen LogP contribution >= 0.6 is 0 Å². The van der Waals surface area contributed by atoms with Gasteiger partial charge in [0.25, 0.3) is 5.91 Å². The molecule has 1 aliphatic rings. The van der Waals surface area contributed by atoms with Crippen molar-refractivity contribution in [3.8, 4) is 17.4 Å². The fraction of sp³-hybridized carbons (Fsp3) is 0.217. The lowest BCUT2D eigenvalue weighted by Crippen LogP contribution is -2.28. The third-order valence-corrected chi connectivity index (χ3v) is 4.77. The molecule has 0 saturated carbocycles. The lowest BCUT2D eigenvalue weighted by atomic mass is 9.97. The number of nitrogens with zero attached hydrogens (tertiary/aromatic N) is 1. The van der Waals surface area contributed by atoms with Crippen molar-refractivity contribution in [2.45, 2.75) is 19.4 Å². The molecule has 2 aromatic carbocycles. The minimum Gasteiger partial charge on any atom is -0.493 e. The van der Waals surface area contributed by atoms with E-state index in [0.29, 0.717) is 29.7 Å². The number of hydrogen-bond acceptors (Lipinski definition) is 5. The number of aryl methyl sites for hydroxylation is 1. The average molecular weight is 390 g/mol. The molecule has 0 radical (unpaired) electrons. The van der Waals surface area contributed by atoms with Crippen LogP contribution in [-0.2, 0) is 16.0 Å². The molecule has 0 spiro atoms. The largest absolute Gasteiger partial charge is 0.493 e. The second-order valence-corrected chi connectivity index (χ2v) is 6.83. The summed E-state index contributed by atoms with van der Waals surface area (Å²) in [6.07, 6.45) is 1.76. The summed E-state index contributed by atoms with van der Waals surface area (Å²) in [5, 5.41) is 2.87. The standard InChI is InChI=1S/C23H22N2O4/c1-15-7-9-19(20(13-15)27-2)29-21-10-8-17(14-24-21)25-23(26)22-18-6-4-3-5-16(18)11-12-28-22/h3-10,13-14,22H,11-12H2,1-2H3,(H,25,26). The molecule has 1 aromatic heterocycles. The number of fused-ring (bicyclic) bond motifs is 1. The van der Waals surface area contributed by atoms with Crippen LogP contribution in [0, 0.1) is 6.92 Å². The summed E-state index contributed by atoms with van der Waals surface area (Å²) in [7, 11) is 1.60. The zero-order valence-electron chi connectivity index (χ0n) is 16.3. The number of nitrogens with one attached hydrogen (secondary N) is 1. The number of aromatic nitrogens is 1. The van der Waals surface area contributed by atoms with Gasteiger partial charge in [0.05, 0.1) is 25.6 Å². The molecule has 1 N–H and O–H groups in total. The van der Waals surface area contributed by atoms with Crippen LogP contribution in [-0.4, -0.2) is 24.6 Å². The molecular weight excluding hydrogens is 368 g/mol. The summed E-state index contributed by atoms with van der Waals surface area (Å²) in [4.78, 5) is 17.0. The van der Waals surface area contributed by atoms with Crippen molar-refractivity contribution in [3.63, 3.8) is 0 Å². The van der Waals surface area contributed by atoms with Gasteiger partial charge in [-0.3, -0.25) is 4.79 Å². The molecule has 2 heterocycles. The number of methoxy groups -OCH3 is 1. The summed E-state index contributed by atoms with van der Waals surface area (Å²) in [5.41, 5.74) is 3.71. The van der Waals surface area contributed by atoms with Gasteiger partial charge in [0.15, 0.2) is 17.6 Å². The van der Waals surface area contributed by atoms with E-state index >= 15 is 0 Å². The molecule has 0 bridgehead atoms.